The van der Waals surface area contributed by atoms with Crippen LogP contribution in [0.15, 0.2) is 85.1 Å². The van der Waals surface area contributed by atoms with Crippen LogP contribution in [0.3, 0.4) is 0 Å². The molecule has 420 valence electrons. The minimum absolute atomic E-state index is 0.0996. The molecule has 6 heteroatoms. The van der Waals surface area contributed by atoms with E-state index in [1.54, 1.807) is 0 Å². The van der Waals surface area contributed by atoms with Gasteiger partial charge < -0.3 is 14.2 Å². The lowest BCUT2D eigenvalue weighted by Gasteiger charge is -2.18. The quantitative estimate of drug-likeness (QED) is 0.0261. The van der Waals surface area contributed by atoms with Crippen molar-refractivity contribution in [3.63, 3.8) is 0 Å². The van der Waals surface area contributed by atoms with Gasteiger partial charge in [-0.05, 0) is 83.5 Å². The minimum Gasteiger partial charge on any atom is -0.462 e. The first-order valence-corrected chi connectivity index (χ1v) is 31.1. The van der Waals surface area contributed by atoms with Gasteiger partial charge in [0.15, 0.2) is 6.10 Å². The zero-order valence-corrected chi connectivity index (χ0v) is 48.1. The van der Waals surface area contributed by atoms with Gasteiger partial charge in [-0.2, -0.15) is 0 Å². The van der Waals surface area contributed by atoms with Gasteiger partial charge in [0.2, 0.25) is 0 Å². The van der Waals surface area contributed by atoms with Crippen molar-refractivity contribution in [3.05, 3.63) is 85.1 Å². The summed E-state index contributed by atoms with van der Waals surface area (Å²) in [6.07, 6.45) is 80.2. The van der Waals surface area contributed by atoms with Gasteiger partial charge in [0.25, 0.3) is 0 Å². The van der Waals surface area contributed by atoms with E-state index in [0.29, 0.717) is 19.3 Å². The molecule has 0 N–H and O–H groups in total. The summed E-state index contributed by atoms with van der Waals surface area (Å²) in [4.78, 5) is 38.3. The van der Waals surface area contributed by atoms with E-state index in [9.17, 15) is 14.4 Å². The predicted octanol–water partition coefficient (Wildman–Crippen LogP) is 21.1. The Morgan fingerprint density at radius 3 is 0.918 bits per heavy atom. The van der Waals surface area contributed by atoms with Crippen LogP contribution >= 0.6 is 0 Å². The molecule has 0 fully saturated rings. The molecule has 0 saturated heterocycles. The van der Waals surface area contributed by atoms with E-state index in [1.165, 1.54) is 180 Å². The third-order valence-electron chi connectivity index (χ3n) is 13.4. The van der Waals surface area contributed by atoms with Crippen molar-refractivity contribution in [3.8, 4) is 0 Å². The Bertz CT molecular complexity index is 1400. The number of esters is 3. The first-order chi connectivity index (χ1) is 36.0. The molecule has 0 aromatic heterocycles. The highest BCUT2D eigenvalue weighted by Crippen LogP contribution is 2.16. The first-order valence-electron chi connectivity index (χ1n) is 31.1. The van der Waals surface area contributed by atoms with Crippen LogP contribution in [0, 0.1) is 0 Å². The number of allylic oxidation sites excluding steroid dienone is 14. The Balaban J connectivity index is 4.47. The van der Waals surface area contributed by atoms with E-state index in [1.807, 2.05) is 6.08 Å². The average Bonchev–Trinajstić information content (AvgIpc) is 3.39. The molecular weight excluding hydrogens is 901 g/mol. The van der Waals surface area contributed by atoms with E-state index < -0.39 is 6.10 Å². The molecule has 0 aliphatic carbocycles. The molecule has 1 unspecified atom stereocenters. The zero-order valence-electron chi connectivity index (χ0n) is 48.1. The van der Waals surface area contributed by atoms with Crippen molar-refractivity contribution in [2.24, 2.45) is 0 Å². The maximum atomic E-state index is 12.9. The van der Waals surface area contributed by atoms with Gasteiger partial charge in [0, 0.05) is 19.3 Å². The second-order valence-electron chi connectivity index (χ2n) is 20.6. The summed E-state index contributed by atoms with van der Waals surface area (Å²) in [5, 5.41) is 0. The predicted molar refractivity (Wildman–Crippen MR) is 316 cm³/mol. The second kappa shape index (κ2) is 61.1. The molecule has 0 rings (SSSR count). The Labute approximate surface area is 452 Å². The van der Waals surface area contributed by atoms with Crippen LogP contribution in [0.25, 0.3) is 0 Å². The molecule has 0 amide bonds. The molecule has 0 bridgehead atoms. The highest BCUT2D eigenvalue weighted by atomic mass is 16.6. The molecule has 0 aromatic rings. The topological polar surface area (TPSA) is 78.9 Å². The standard InChI is InChI=1S/C67H116O6/c1-4-7-10-13-16-19-22-25-28-31-33-36-39-42-45-48-51-54-57-60-66(69)72-63-64(62-71-65(68)59-56-53-50-47-44-41-38-35-30-27-24-21-18-15-12-9-6-3)73-67(70)61-58-55-52-49-46-43-40-37-34-32-29-26-23-20-17-14-11-8-5-2/h7,10,16,19,25,27-28,30,33,36,42,45,51,54,64H,4-6,8-9,11-15,17-18,20-24,26,29,31-32,34-35,37-41,43-44,46-50,52-53,55-63H2,1-3H3/b10-7-,19-16-,28-25-,30-27-,36-33-,45-42-,54-51-. The zero-order chi connectivity index (χ0) is 52.9. The van der Waals surface area contributed by atoms with Crippen molar-refractivity contribution in [1.82, 2.24) is 0 Å². The van der Waals surface area contributed by atoms with Crippen LogP contribution in [0.1, 0.15) is 303 Å². The van der Waals surface area contributed by atoms with E-state index >= 15 is 0 Å². The summed E-state index contributed by atoms with van der Waals surface area (Å²) >= 11 is 0. The number of rotatable bonds is 56. The van der Waals surface area contributed by atoms with Gasteiger partial charge in [0.05, 0.1) is 0 Å². The Kier molecular flexibility index (Phi) is 58.3. The molecule has 0 radical (unpaired) electrons. The smallest absolute Gasteiger partial charge is 0.306 e. The Morgan fingerprint density at radius 2 is 0.562 bits per heavy atom. The van der Waals surface area contributed by atoms with Crippen LogP contribution < -0.4 is 0 Å². The van der Waals surface area contributed by atoms with E-state index in [0.717, 1.165) is 77.0 Å². The number of hydrogen-bond acceptors (Lipinski definition) is 6. The molecule has 0 aliphatic rings. The molecule has 0 aromatic carbocycles. The molecular formula is C67H116O6. The Hall–Kier alpha value is -3.41. The number of ether oxygens (including phenoxy) is 3. The third kappa shape index (κ3) is 59.3. The Morgan fingerprint density at radius 1 is 0.288 bits per heavy atom. The van der Waals surface area contributed by atoms with E-state index in [2.05, 4.69) is 99.8 Å². The second-order valence-corrected chi connectivity index (χ2v) is 20.6. The van der Waals surface area contributed by atoms with Gasteiger partial charge in [-0.3, -0.25) is 14.4 Å². The fraction of sp³-hybridized carbons (Fsp3) is 0.746. The summed E-state index contributed by atoms with van der Waals surface area (Å²) in [6.45, 7) is 6.49. The van der Waals surface area contributed by atoms with Gasteiger partial charge >= 0.3 is 17.9 Å². The van der Waals surface area contributed by atoms with E-state index in [4.69, 9.17) is 14.2 Å². The molecule has 73 heavy (non-hydrogen) atoms. The van der Waals surface area contributed by atoms with Crippen LogP contribution in [0.4, 0.5) is 0 Å². The van der Waals surface area contributed by atoms with Crippen LogP contribution in [0.2, 0.25) is 0 Å². The number of unbranched alkanes of at least 4 members (excludes halogenated alkanes) is 31. The summed E-state index contributed by atoms with van der Waals surface area (Å²) < 4.78 is 16.9. The maximum Gasteiger partial charge on any atom is 0.306 e. The lowest BCUT2D eigenvalue weighted by atomic mass is 10.0. The normalized spacial score (nSPS) is 12.6. The molecule has 0 saturated carbocycles. The maximum absolute atomic E-state index is 12.9. The lowest BCUT2D eigenvalue weighted by molar-refractivity contribution is -0.166. The highest BCUT2D eigenvalue weighted by Gasteiger charge is 2.19. The summed E-state index contributed by atoms with van der Waals surface area (Å²) in [7, 11) is 0. The monoisotopic (exact) mass is 1020 g/mol. The molecule has 1 atom stereocenters. The van der Waals surface area contributed by atoms with Gasteiger partial charge in [0.1, 0.15) is 13.2 Å². The van der Waals surface area contributed by atoms with Crippen LogP contribution in [-0.2, 0) is 28.6 Å². The summed E-state index contributed by atoms with van der Waals surface area (Å²) in [6, 6.07) is 0. The molecule has 6 nitrogen and oxygen atoms in total. The number of carbonyl (C=O) groups is 3. The third-order valence-corrected chi connectivity index (χ3v) is 13.4. The van der Waals surface area contributed by atoms with Crippen molar-refractivity contribution >= 4 is 17.9 Å². The minimum atomic E-state index is -0.808. The average molecular weight is 1020 g/mol. The van der Waals surface area contributed by atoms with Gasteiger partial charge in [-0.15, -0.1) is 0 Å². The molecule has 0 heterocycles. The van der Waals surface area contributed by atoms with Crippen molar-refractivity contribution in [2.75, 3.05) is 13.2 Å². The van der Waals surface area contributed by atoms with Crippen molar-refractivity contribution < 1.29 is 28.6 Å². The van der Waals surface area contributed by atoms with Crippen molar-refractivity contribution in [2.45, 2.75) is 309 Å². The highest BCUT2D eigenvalue weighted by molar-refractivity contribution is 5.71. The lowest BCUT2D eigenvalue weighted by Crippen LogP contribution is -2.30. The van der Waals surface area contributed by atoms with Crippen molar-refractivity contribution in [1.29, 1.82) is 0 Å². The largest absolute Gasteiger partial charge is 0.462 e. The van der Waals surface area contributed by atoms with Gasteiger partial charge in [-0.1, -0.05) is 286 Å². The molecule has 0 aliphatic heterocycles. The SMILES string of the molecule is CC/C=C\C/C=C\C/C=C\C/C=C\C/C=C\C/C=C\CCC(=O)OCC(COC(=O)CCCCCCCCC/C=C\CCCCCCCC)OC(=O)CCCCCCCCCCCCCCCCCCCCC. The fourth-order valence-electron chi connectivity index (χ4n) is 8.76. The van der Waals surface area contributed by atoms with Gasteiger partial charge in [-0.25, -0.2) is 0 Å². The van der Waals surface area contributed by atoms with Crippen LogP contribution in [-0.4, -0.2) is 37.2 Å². The number of hydrogen-bond donors (Lipinski definition) is 0. The summed E-state index contributed by atoms with van der Waals surface area (Å²) in [5.74, 6) is -0.978. The first kappa shape index (κ1) is 69.6. The summed E-state index contributed by atoms with van der Waals surface area (Å²) in [5.41, 5.74) is 0. The van der Waals surface area contributed by atoms with E-state index in [-0.39, 0.29) is 37.5 Å². The molecule has 0 spiro atoms. The fourth-order valence-corrected chi connectivity index (χ4v) is 8.76. The van der Waals surface area contributed by atoms with Crippen LogP contribution in [0.5, 0.6) is 0 Å². The number of carbonyl (C=O) groups excluding carboxylic acids is 3.